The fourth-order valence-corrected chi connectivity index (χ4v) is 2.93. The van der Waals surface area contributed by atoms with Gasteiger partial charge in [0.05, 0.1) is 0 Å². The molecule has 0 spiro atoms. The molecule has 0 amide bonds. The molecule has 1 aromatic heterocycles. The molecule has 0 radical (unpaired) electrons. The average Bonchev–Trinajstić information content (AvgIpc) is 2.49. The summed E-state index contributed by atoms with van der Waals surface area (Å²) in [6.45, 7) is 13.3. The predicted molar refractivity (Wildman–Crippen MR) is 84.3 cm³/mol. The third kappa shape index (κ3) is 3.48. The van der Waals surface area contributed by atoms with Crippen LogP contribution in [0, 0.1) is 0 Å². The van der Waals surface area contributed by atoms with Crippen LogP contribution in [0.2, 0.25) is 0 Å². The van der Waals surface area contributed by atoms with E-state index < -0.39 is 0 Å². The monoisotopic (exact) mass is 276 g/mol. The second-order valence-corrected chi connectivity index (χ2v) is 5.93. The van der Waals surface area contributed by atoms with E-state index in [1.54, 1.807) is 0 Å². The number of piperazine rings is 1. The Labute approximate surface area is 123 Å². The largest absolute Gasteiger partial charge is 0.338 e. The fourth-order valence-electron chi connectivity index (χ4n) is 2.93. The van der Waals surface area contributed by atoms with Crippen molar-refractivity contribution < 1.29 is 0 Å². The van der Waals surface area contributed by atoms with Crippen molar-refractivity contribution in [2.75, 3.05) is 31.1 Å². The summed E-state index contributed by atoms with van der Waals surface area (Å²) in [5, 5.41) is 0. The van der Waals surface area contributed by atoms with E-state index in [2.05, 4.69) is 42.5 Å². The van der Waals surface area contributed by atoms with Crippen LogP contribution >= 0.6 is 0 Å². The van der Waals surface area contributed by atoms with Crippen molar-refractivity contribution in [3.8, 4) is 0 Å². The highest BCUT2D eigenvalue weighted by Crippen LogP contribution is 2.18. The molecule has 1 fully saturated rings. The van der Waals surface area contributed by atoms with Crippen LogP contribution < -0.4 is 4.90 Å². The van der Waals surface area contributed by atoms with Gasteiger partial charge in [0.25, 0.3) is 0 Å². The summed E-state index contributed by atoms with van der Waals surface area (Å²) in [4.78, 5) is 14.1. The molecular formula is C16H28N4. The molecule has 1 saturated heterocycles. The van der Waals surface area contributed by atoms with Crippen LogP contribution in [0.25, 0.3) is 0 Å². The minimum absolute atomic E-state index is 0.461. The number of rotatable bonds is 5. The minimum atomic E-state index is 0.461. The lowest BCUT2D eigenvalue weighted by Crippen LogP contribution is -2.50. The van der Waals surface area contributed by atoms with Gasteiger partial charge in [0, 0.05) is 44.1 Å². The molecule has 4 nitrogen and oxygen atoms in total. The molecule has 2 rings (SSSR count). The Hall–Kier alpha value is -1.16. The molecule has 0 bridgehead atoms. The fraction of sp³-hybridized carbons (Fsp3) is 0.750. The first-order valence-corrected chi connectivity index (χ1v) is 7.97. The van der Waals surface area contributed by atoms with Gasteiger partial charge in [-0.3, -0.25) is 4.90 Å². The van der Waals surface area contributed by atoms with Crippen LogP contribution in [0.15, 0.2) is 12.3 Å². The molecule has 20 heavy (non-hydrogen) atoms. The molecule has 1 aliphatic heterocycles. The Morgan fingerprint density at radius 1 is 1.10 bits per heavy atom. The van der Waals surface area contributed by atoms with Crippen molar-refractivity contribution in [2.45, 2.75) is 52.5 Å². The van der Waals surface area contributed by atoms with Crippen molar-refractivity contribution in [1.29, 1.82) is 0 Å². The summed E-state index contributed by atoms with van der Waals surface area (Å²) < 4.78 is 0. The maximum absolute atomic E-state index is 4.70. The zero-order chi connectivity index (χ0) is 14.5. The lowest BCUT2D eigenvalue weighted by atomic mass is 10.1. The summed E-state index contributed by atoms with van der Waals surface area (Å²) in [7, 11) is 0. The van der Waals surface area contributed by atoms with Gasteiger partial charge in [0.15, 0.2) is 0 Å². The molecule has 1 aliphatic rings. The van der Waals surface area contributed by atoms with Gasteiger partial charge in [0.2, 0.25) is 5.95 Å². The zero-order valence-electron chi connectivity index (χ0n) is 13.3. The third-order valence-corrected chi connectivity index (χ3v) is 4.31. The Kier molecular flexibility index (Phi) is 5.35. The van der Waals surface area contributed by atoms with Crippen molar-refractivity contribution in [1.82, 2.24) is 14.9 Å². The molecule has 0 atom stereocenters. The van der Waals surface area contributed by atoms with E-state index >= 15 is 0 Å². The van der Waals surface area contributed by atoms with Gasteiger partial charge in [-0.2, -0.15) is 0 Å². The summed E-state index contributed by atoms with van der Waals surface area (Å²) in [5.74, 6) is 1.36. The second kappa shape index (κ2) is 7.02. The SMILES string of the molecule is CCC(CC)N1CCN(c2nccc(C(C)C)n2)CC1. The van der Waals surface area contributed by atoms with Crippen LogP contribution in [-0.2, 0) is 0 Å². The van der Waals surface area contributed by atoms with Crippen LogP contribution in [0.5, 0.6) is 0 Å². The Morgan fingerprint density at radius 3 is 2.30 bits per heavy atom. The van der Waals surface area contributed by atoms with Gasteiger partial charge < -0.3 is 4.90 Å². The highest BCUT2D eigenvalue weighted by atomic mass is 15.3. The van der Waals surface area contributed by atoms with E-state index in [0.717, 1.165) is 43.9 Å². The molecular weight excluding hydrogens is 248 g/mol. The average molecular weight is 276 g/mol. The number of anilines is 1. The number of hydrogen-bond acceptors (Lipinski definition) is 4. The molecule has 4 heteroatoms. The first kappa shape index (κ1) is 15.2. The molecule has 2 heterocycles. The first-order valence-electron chi connectivity index (χ1n) is 7.97. The highest BCUT2D eigenvalue weighted by molar-refractivity contribution is 5.31. The highest BCUT2D eigenvalue weighted by Gasteiger charge is 2.23. The Balaban J connectivity index is 1.98. The molecule has 0 N–H and O–H groups in total. The minimum Gasteiger partial charge on any atom is -0.338 e. The van der Waals surface area contributed by atoms with E-state index in [0.29, 0.717) is 5.92 Å². The topological polar surface area (TPSA) is 32.3 Å². The van der Waals surface area contributed by atoms with Crippen LogP contribution in [0.3, 0.4) is 0 Å². The van der Waals surface area contributed by atoms with E-state index in [1.807, 2.05) is 12.3 Å². The Bertz CT molecular complexity index is 407. The normalized spacial score (nSPS) is 17.2. The van der Waals surface area contributed by atoms with Gasteiger partial charge in [-0.1, -0.05) is 27.7 Å². The summed E-state index contributed by atoms with van der Waals surface area (Å²) >= 11 is 0. The van der Waals surface area contributed by atoms with Crippen LogP contribution in [-0.4, -0.2) is 47.1 Å². The van der Waals surface area contributed by atoms with Crippen molar-refractivity contribution in [3.05, 3.63) is 18.0 Å². The van der Waals surface area contributed by atoms with Gasteiger partial charge in [-0.25, -0.2) is 9.97 Å². The van der Waals surface area contributed by atoms with Gasteiger partial charge in [0.1, 0.15) is 0 Å². The molecule has 0 aromatic carbocycles. The second-order valence-electron chi connectivity index (χ2n) is 5.93. The molecule has 0 unspecified atom stereocenters. The summed E-state index contributed by atoms with van der Waals surface area (Å²) in [6, 6.07) is 2.76. The van der Waals surface area contributed by atoms with E-state index in [4.69, 9.17) is 4.98 Å². The van der Waals surface area contributed by atoms with E-state index in [1.165, 1.54) is 12.8 Å². The number of aromatic nitrogens is 2. The predicted octanol–water partition coefficient (Wildman–Crippen LogP) is 2.91. The van der Waals surface area contributed by atoms with Crippen molar-refractivity contribution in [3.63, 3.8) is 0 Å². The number of hydrogen-bond donors (Lipinski definition) is 0. The van der Waals surface area contributed by atoms with Crippen LogP contribution in [0.4, 0.5) is 5.95 Å². The van der Waals surface area contributed by atoms with Crippen LogP contribution in [0.1, 0.15) is 52.1 Å². The Morgan fingerprint density at radius 2 is 1.75 bits per heavy atom. The molecule has 112 valence electrons. The molecule has 0 saturated carbocycles. The van der Waals surface area contributed by atoms with Gasteiger partial charge in [-0.05, 0) is 24.8 Å². The molecule has 0 aliphatic carbocycles. The lowest BCUT2D eigenvalue weighted by molar-refractivity contribution is 0.175. The van der Waals surface area contributed by atoms with Crippen molar-refractivity contribution >= 4 is 5.95 Å². The lowest BCUT2D eigenvalue weighted by Gasteiger charge is -2.38. The first-order chi connectivity index (χ1) is 9.65. The zero-order valence-corrected chi connectivity index (χ0v) is 13.3. The summed E-state index contributed by atoms with van der Waals surface area (Å²) in [5.41, 5.74) is 1.14. The standard InChI is InChI=1S/C16H28N4/c1-5-14(6-2)19-9-11-20(12-10-19)16-17-8-7-15(18-16)13(3)4/h7-8,13-14H,5-6,9-12H2,1-4H3. The van der Waals surface area contributed by atoms with Gasteiger partial charge in [-0.15, -0.1) is 0 Å². The quantitative estimate of drug-likeness (QED) is 0.828. The smallest absolute Gasteiger partial charge is 0.225 e. The van der Waals surface area contributed by atoms with Gasteiger partial charge >= 0.3 is 0 Å². The summed E-state index contributed by atoms with van der Waals surface area (Å²) in [6.07, 6.45) is 4.39. The molecule has 1 aromatic rings. The van der Waals surface area contributed by atoms with E-state index in [9.17, 15) is 0 Å². The third-order valence-electron chi connectivity index (χ3n) is 4.31. The maximum atomic E-state index is 4.70. The van der Waals surface area contributed by atoms with Crippen molar-refractivity contribution in [2.24, 2.45) is 0 Å². The van der Waals surface area contributed by atoms with E-state index in [-0.39, 0.29) is 0 Å². The number of nitrogens with zero attached hydrogens (tertiary/aromatic N) is 4. The maximum Gasteiger partial charge on any atom is 0.225 e.